The standard InChI is InChI=1S/C8H9N3OS/c1-11-7(5-12)9-10-8(11)6-3-2-4-13-6/h2-4,12H,5H2,1H3. The highest BCUT2D eigenvalue weighted by Gasteiger charge is 2.09. The van der Waals surface area contributed by atoms with E-state index in [1.165, 1.54) is 0 Å². The van der Waals surface area contributed by atoms with E-state index in [0.717, 1.165) is 10.7 Å². The first-order valence-electron chi connectivity index (χ1n) is 3.86. The van der Waals surface area contributed by atoms with Gasteiger partial charge in [-0.25, -0.2) is 0 Å². The lowest BCUT2D eigenvalue weighted by atomic mass is 10.4. The van der Waals surface area contributed by atoms with Crippen molar-refractivity contribution in [3.8, 4) is 10.7 Å². The Bertz CT molecular complexity index is 393. The van der Waals surface area contributed by atoms with Gasteiger partial charge >= 0.3 is 0 Å². The smallest absolute Gasteiger partial charge is 0.173 e. The summed E-state index contributed by atoms with van der Waals surface area (Å²) in [6, 6.07) is 3.95. The highest BCUT2D eigenvalue weighted by molar-refractivity contribution is 7.13. The van der Waals surface area contributed by atoms with Gasteiger partial charge in [0.05, 0.1) is 4.88 Å². The van der Waals surface area contributed by atoms with Crippen LogP contribution in [0.25, 0.3) is 10.7 Å². The van der Waals surface area contributed by atoms with Crippen molar-refractivity contribution in [2.24, 2.45) is 7.05 Å². The molecule has 0 aliphatic carbocycles. The topological polar surface area (TPSA) is 50.9 Å². The number of rotatable bonds is 2. The third-order valence-corrected chi connectivity index (χ3v) is 2.71. The largest absolute Gasteiger partial charge is 0.388 e. The summed E-state index contributed by atoms with van der Waals surface area (Å²) in [6.45, 7) is -0.0745. The summed E-state index contributed by atoms with van der Waals surface area (Å²) < 4.78 is 1.80. The van der Waals surface area contributed by atoms with Crippen molar-refractivity contribution >= 4 is 11.3 Å². The Morgan fingerprint density at radius 3 is 2.92 bits per heavy atom. The van der Waals surface area contributed by atoms with Crippen molar-refractivity contribution in [2.45, 2.75) is 6.61 Å². The molecule has 0 aliphatic rings. The van der Waals surface area contributed by atoms with E-state index in [1.807, 2.05) is 24.6 Å². The van der Waals surface area contributed by atoms with Gasteiger partial charge in [0.2, 0.25) is 0 Å². The highest BCUT2D eigenvalue weighted by atomic mass is 32.1. The lowest BCUT2D eigenvalue weighted by Gasteiger charge is -1.98. The van der Waals surface area contributed by atoms with E-state index in [-0.39, 0.29) is 6.61 Å². The van der Waals surface area contributed by atoms with Crippen LogP contribution in [0.3, 0.4) is 0 Å². The van der Waals surface area contributed by atoms with Crippen LogP contribution in [0.1, 0.15) is 5.82 Å². The molecule has 0 atom stereocenters. The first-order chi connectivity index (χ1) is 6.33. The van der Waals surface area contributed by atoms with Gasteiger partial charge < -0.3 is 9.67 Å². The Hall–Kier alpha value is -1.20. The fourth-order valence-electron chi connectivity index (χ4n) is 1.12. The molecule has 0 radical (unpaired) electrons. The van der Waals surface area contributed by atoms with E-state index >= 15 is 0 Å². The van der Waals surface area contributed by atoms with Crippen molar-refractivity contribution in [3.63, 3.8) is 0 Å². The monoisotopic (exact) mass is 195 g/mol. The Balaban J connectivity index is 2.48. The molecule has 0 aromatic carbocycles. The van der Waals surface area contributed by atoms with Crippen LogP contribution >= 0.6 is 11.3 Å². The van der Waals surface area contributed by atoms with Crippen LogP contribution in [-0.4, -0.2) is 19.9 Å². The minimum Gasteiger partial charge on any atom is -0.388 e. The SMILES string of the molecule is Cn1c(CO)nnc1-c1cccs1. The molecule has 0 amide bonds. The normalized spacial score (nSPS) is 10.6. The second-order valence-corrected chi connectivity index (χ2v) is 3.58. The Morgan fingerprint density at radius 2 is 2.38 bits per heavy atom. The van der Waals surface area contributed by atoms with Crippen LogP contribution in [0.5, 0.6) is 0 Å². The molecule has 0 spiro atoms. The summed E-state index contributed by atoms with van der Waals surface area (Å²) >= 11 is 1.61. The molecule has 0 saturated heterocycles. The van der Waals surface area contributed by atoms with Crippen LogP contribution in [-0.2, 0) is 13.7 Å². The van der Waals surface area contributed by atoms with Crippen molar-refractivity contribution in [1.82, 2.24) is 14.8 Å². The van der Waals surface area contributed by atoms with Gasteiger partial charge in [0, 0.05) is 7.05 Å². The van der Waals surface area contributed by atoms with Crippen LogP contribution in [0.15, 0.2) is 17.5 Å². The molecule has 2 rings (SSSR count). The number of hydrogen-bond donors (Lipinski definition) is 1. The van der Waals surface area contributed by atoms with E-state index in [4.69, 9.17) is 5.11 Å². The predicted molar refractivity (Wildman–Crippen MR) is 50.2 cm³/mol. The summed E-state index contributed by atoms with van der Waals surface area (Å²) in [7, 11) is 1.85. The molecule has 4 nitrogen and oxygen atoms in total. The van der Waals surface area contributed by atoms with E-state index in [0.29, 0.717) is 5.82 Å². The lowest BCUT2D eigenvalue weighted by Crippen LogP contribution is -1.98. The maximum absolute atomic E-state index is 8.91. The van der Waals surface area contributed by atoms with Crippen molar-refractivity contribution in [2.75, 3.05) is 0 Å². The Kier molecular flexibility index (Phi) is 2.12. The zero-order valence-corrected chi connectivity index (χ0v) is 7.95. The van der Waals surface area contributed by atoms with Crippen molar-refractivity contribution < 1.29 is 5.11 Å². The number of aromatic nitrogens is 3. The highest BCUT2D eigenvalue weighted by Crippen LogP contribution is 2.22. The average Bonchev–Trinajstić information content (AvgIpc) is 2.72. The second kappa shape index (κ2) is 3.27. The molecule has 0 saturated carbocycles. The third-order valence-electron chi connectivity index (χ3n) is 1.85. The molecule has 0 aliphatic heterocycles. The molecular formula is C8H9N3OS. The summed E-state index contributed by atoms with van der Waals surface area (Å²) in [4.78, 5) is 1.06. The van der Waals surface area contributed by atoms with Gasteiger partial charge in [-0.2, -0.15) is 0 Å². The zero-order valence-electron chi connectivity index (χ0n) is 7.14. The molecule has 2 heterocycles. The first-order valence-corrected chi connectivity index (χ1v) is 4.74. The molecule has 0 fully saturated rings. The average molecular weight is 195 g/mol. The fourth-order valence-corrected chi connectivity index (χ4v) is 1.86. The van der Waals surface area contributed by atoms with Gasteiger partial charge in [-0.15, -0.1) is 21.5 Å². The predicted octanol–water partition coefficient (Wildman–Crippen LogP) is 1.04. The van der Waals surface area contributed by atoms with Crippen molar-refractivity contribution in [1.29, 1.82) is 0 Å². The van der Waals surface area contributed by atoms with Crippen LogP contribution in [0, 0.1) is 0 Å². The van der Waals surface area contributed by atoms with E-state index < -0.39 is 0 Å². The number of aliphatic hydroxyl groups is 1. The van der Waals surface area contributed by atoms with E-state index in [9.17, 15) is 0 Å². The molecule has 68 valence electrons. The zero-order chi connectivity index (χ0) is 9.26. The summed E-state index contributed by atoms with van der Waals surface area (Å²) in [5.74, 6) is 1.39. The van der Waals surface area contributed by atoms with Gasteiger partial charge in [0.1, 0.15) is 6.61 Å². The lowest BCUT2D eigenvalue weighted by molar-refractivity contribution is 0.267. The third kappa shape index (κ3) is 1.36. The van der Waals surface area contributed by atoms with Gasteiger partial charge in [-0.1, -0.05) is 6.07 Å². The Labute approximate surface area is 79.5 Å². The number of hydrogen-bond acceptors (Lipinski definition) is 4. The minimum atomic E-state index is -0.0745. The maximum Gasteiger partial charge on any atom is 0.173 e. The molecule has 13 heavy (non-hydrogen) atoms. The maximum atomic E-state index is 8.91. The molecule has 5 heteroatoms. The van der Waals surface area contributed by atoms with Gasteiger partial charge in [-0.05, 0) is 11.4 Å². The molecule has 0 unspecified atom stereocenters. The number of nitrogens with zero attached hydrogens (tertiary/aromatic N) is 3. The van der Waals surface area contributed by atoms with Crippen molar-refractivity contribution in [3.05, 3.63) is 23.3 Å². The van der Waals surface area contributed by atoms with E-state index in [2.05, 4.69) is 10.2 Å². The fraction of sp³-hybridized carbons (Fsp3) is 0.250. The summed E-state index contributed by atoms with van der Waals surface area (Å²) in [5.41, 5.74) is 0. The Morgan fingerprint density at radius 1 is 1.54 bits per heavy atom. The number of thiophene rings is 1. The first kappa shape index (κ1) is 8.40. The van der Waals surface area contributed by atoms with E-state index in [1.54, 1.807) is 15.9 Å². The molecular weight excluding hydrogens is 186 g/mol. The van der Waals surface area contributed by atoms with Gasteiger partial charge in [0.15, 0.2) is 11.6 Å². The van der Waals surface area contributed by atoms with Crippen LogP contribution < -0.4 is 0 Å². The van der Waals surface area contributed by atoms with Gasteiger partial charge in [0.25, 0.3) is 0 Å². The minimum absolute atomic E-state index is 0.0745. The molecule has 0 bridgehead atoms. The molecule has 2 aromatic heterocycles. The van der Waals surface area contributed by atoms with Crippen LogP contribution in [0.2, 0.25) is 0 Å². The summed E-state index contributed by atoms with van der Waals surface area (Å²) in [5, 5.41) is 18.8. The molecule has 1 N–H and O–H groups in total. The quantitative estimate of drug-likeness (QED) is 0.778. The summed E-state index contributed by atoms with van der Waals surface area (Å²) in [6.07, 6.45) is 0. The van der Waals surface area contributed by atoms with Gasteiger partial charge in [-0.3, -0.25) is 0 Å². The van der Waals surface area contributed by atoms with Crippen LogP contribution in [0.4, 0.5) is 0 Å². The number of aliphatic hydroxyl groups excluding tert-OH is 1. The second-order valence-electron chi connectivity index (χ2n) is 2.63. The molecule has 2 aromatic rings.